The largest absolute Gasteiger partial charge is 0.314 e. The van der Waals surface area contributed by atoms with Crippen LogP contribution in [0.4, 0.5) is 0 Å². The number of rotatable bonds is 4. The van der Waals surface area contributed by atoms with E-state index < -0.39 is 10.0 Å². The van der Waals surface area contributed by atoms with Gasteiger partial charge < -0.3 is 4.57 Å². The van der Waals surface area contributed by atoms with Crippen molar-refractivity contribution < 1.29 is 8.42 Å². The number of nitrogens with zero attached hydrogens (tertiary/aromatic N) is 4. The van der Waals surface area contributed by atoms with Crippen molar-refractivity contribution in [2.24, 2.45) is 0 Å². The third-order valence-electron chi connectivity index (χ3n) is 4.05. The van der Waals surface area contributed by atoms with Crippen LogP contribution in [0, 0.1) is 0 Å². The maximum atomic E-state index is 12.0. The summed E-state index contributed by atoms with van der Waals surface area (Å²) < 4.78 is 27.7. The van der Waals surface area contributed by atoms with E-state index in [0.29, 0.717) is 19.1 Å². The normalized spacial score (nSPS) is 25.6. The van der Waals surface area contributed by atoms with Crippen molar-refractivity contribution in [3.8, 4) is 0 Å². The molecule has 0 N–H and O–H groups in total. The molecule has 7 heteroatoms. The maximum Gasteiger partial charge on any atom is 0.213 e. The summed E-state index contributed by atoms with van der Waals surface area (Å²) >= 11 is 0. The fourth-order valence-corrected chi connectivity index (χ4v) is 3.95. The van der Waals surface area contributed by atoms with Crippen molar-refractivity contribution in [3.05, 3.63) is 12.2 Å². The Bertz CT molecular complexity index is 550. The molecule has 6 nitrogen and oxygen atoms in total. The van der Waals surface area contributed by atoms with Gasteiger partial charge in [0.2, 0.25) is 10.0 Å². The zero-order valence-electron chi connectivity index (χ0n) is 11.2. The molecule has 1 unspecified atom stereocenters. The van der Waals surface area contributed by atoms with E-state index in [2.05, 4.69) is 14.8 Å². The lowest BCUT2D eigenvalue weighted by atomic mass is 9.99. The molecular formula is C12H20N4O2S. The van der Waals surface area contributed by atoms with Gasteiger partial charge in [-0.3, -0.25) is 0 Å². The van der Waals surface area contributed by atoms with Gasteiger partial charge in [0.1, 0.15) is 12.2 Å². The van der Waals surface area contributed by atoms with Gasteiger partial charge in [0, 0.05) is 25.0 Å². The molecule has 1 aromatic rings. The van der Waals surface area contributed by atoms with E-state index in [9.17, 15) is 8.42 Å². The van der Waals surface area contributed by atoms with Gasteiger partial charge in [-0.2, -0.15) is 0 Å². The first-order valence-corrected chi connectivity index (χ1v) is 8.60. The molecule has 0 radical (unpaired) electrons. The monoisotopic (exact) mass is 284 g/mol. The van der Waals surface area contributed by atoms with Crippen molar-refractivity contribution in [3.63, 3.8) is 0 Å². The Labute approximate surface area is 113 Å². The quantitative estimate of drug-likeness (QED) is 0.831. The molecule has 1 aliphatic carbocycles. The molecule has 1 aromatic heterocycles. The fraction of sp³-hybridized carbons (Fsp3) is 0.833. The van der Waals surface area contributed by atoms with Crippen LogP contribution in [-0.4, -0.2) is 46.3 Å². The fourth-order valence-electron chi connectivity index (χ4n) is 2.77. The van der Waals surface area contributed by atoms with Crippen LogP contribution in [0.15, 0.2) is 6.33 Å². The molecule has 0 bridgehead atoms. The van der Waals surface area contributed by atoms with Crippen LogP contribution in [0.25, 0.3) is 0 Å². The summed E-state index contributed by atoms with van der Waals surface area (Å²) in [6.45, 7) is 2.90. The Kier molecular flexibility index (Phi) is 3.34. The average molecular weight is 284 g/mol. The highest BCUT2D eigenvalue weighted by Gasteiger charge is 2.34. The van der Waals surface area contributed by atoms with Crippen molar-refractivity contribution in [1.82, 2.24) is 19.1 Å². The van der Waals surface area contributed by atoms with E-state index in [-0.39, 0.29) is 11.7 Å². The van der Waals surface area contributed by atoms with Crippen LogP contribution in [0.2, 0.25) is 0 Å². The summed E-state index contributed by atoms with van der Waals surface area (Å²) in [4.78, 5) is 0. The standard InChI is InChI=1S/C12H20N4O2S/c1-2-19(17,18)15-7-3-4-10(8-15)12-14-13-9-16(12)11-5-6-11/h9-11H,2-8H2,1H3. The minimum Gasteiger partial charge on any atom is -0.314 e. The molecule has 0 amide bonds. The van der Waals surface area contributed by atoms with E-state index in [0.717, 1.165) is 18.7 Å². The van der Waals surface area contributed by atoms with Crippen LogP contribution >= 0.6 is 0 Å². The van der Waals surface area contributed by atoms with Gasteiger partial charge in [0.25, 0.3) is 0 Å². The van der Waals surface area contributed by atoms with Crippen molar-refractivity contribution in [2.75, 3.05) is 18.8 Å². The molecule has 0 aromatic carbocycles. The molecule has 1 saturated heterocycles. The second kappa shape index (κ2) is 4.86. The predicted octanol–water partition coefficient (Wildman–Crippen LogP) is 1.14. The lowest BCUT2D eigenvalue weighted by molar-refractivity contribution is 0.305. The third-order valence-corrected chi connectivity index (χ3v) is 5.90. The highest BCUT2D eigenvalue weighted by molar-refractivity contribution is 7.89. The average Bonchev–Trinajstić information content (AvgIpc) is 3.16. The Morgan fingerprint density at radius 2 is 2.16 bits per heavy atom. The Hall–Kier alpha value is -0.950. The zero-order chi connectivity index (χ0) is 13.5. The molecule has 1 saturated carbocycles. The number of hydrogen-bond acceptors (Lipinski definition) is 4. The minimum absolute atomic E-state index is 0.176. The first-order valence-electron chi connectivity index (χ1n) is 6.99. The van der Waals surface area contributed by atoms with Gasteiger partial charge >= 0.3 is 0 Å². The smallest absolute Gasteiger partial charge is 0.213 e. The van der Waals surface area contributed by atoms with E-state index in [4.69, 9.17) is 0 Å². The molecule has 2 fully saturated rings. The lowest BCUT2D eigenvalue weighted by Crippen LogP contribution is -2.40. The van der Waals surface area contributed by atoms with Crippen molar-refractivity contribution in [1.29, 1.82) is 0 Å². The highest BCUT2D eigenvalue weighted by Crippen LogP contribution is 2.38. The van der Waals surface area contributed by atoms with Gasteiger partial charge in [-0.1, -0.05) is 0 Å². The van der Waals surface area contributed by atoms with Gasteiger partial charge in [0.15, 0.2) is 0 Å². The summed E-state index contributed by atoms with van der Waals surface area (Å²) in [6, 6.07) is 0.545. The minimum atomic E-state index is -3.09. The predicted molar refractivity (Wildman–Crippen MR) is 71.3 cm³/mol. The molecule has 19 heavy (non-hydrogen) atoms. The molecule has 0 spiro atoms. The van der Waals surface area contributed by atoms with Crippen LogP contribution in [-0.2, 0) is 10.0 Å². The third kappa shape index (κ3) is 2.53. The second-order valence-electron chi connectivity index (χ2n) is 5.43. The zero-order valence-corrected chi connectivity index (χ0v) is 12.0. The first kappa shape index (κ1) is 13.1. The molecule has 106 valence electrons. The summed E-state index contributed by atoms with van der Waals surface area (Å²) in [5.41, 5.74) is 0. The Morgan fingerprint density at radius 1 is 1.37 bits per heavy atom. The topological polar surface area (TPSA) is 68.1 Å². The SMILES string of the molecule is CCS(=O)(=O)N1CCCC(c2nncn2C2CC2)C1. The molecule has 1 aliphatic heterocycles. The van der Waals surface area contributed by atoms with Crippen molar-refractivity contribution in [2.45, 2.75) is 44.6 Å². The first-order chi connectivity index (χ1) is 9.12. The van der Waals surface area contributed by atoms with Crippen LogP contribution in [0.3, 0.4) is 0 Å². The highest BCUT2D eigenvalue weighted by atomic mass is 32.2. The number of piperidine rings is 1. The number of sulfonamides is 1. The van der Waals surface area contributed by atoms with Gasteiger partial charge in [0.05, 0.1) is 5.75 Å². The lowest BCUT2D eigenvalue weighted by Gasteiger charge is -2.31. The van der Waals surface area contributed by atoms with Gasteiger partial charge in [-0.25, -0.2) is 12.7 Å². The van der Waals surface area contributed by atoms with Crippen molar-refractivity contribution >= 4 is 10.0 Å². The summed E-state index contributed by atoms with van der Waals surface area (Å²) in [5.74, 6) is 1.34. The van der Waals surface area contributed by atoms with Crippen LogP contribution in [0.1, 0.15) is 50.4 Å². The molecule has 3 rings (SSSR count). The molecule has 2 aliphatic rings. The molecule has 2 heterocycles. The van der Waals surface area contributed by atoms with E-state index in [1.54, 1.807) is 17.6 Å². The molecule has 1 atom stereocenters. The maximum absolute atomic E-state index is 12.0. The number of hydrogen-bond donors (Lipinski definition) is 0. The summed E-state index contributed by atoms with van der Waals surface area (Å²) in [5, 5.41) is 8.25. The van der Waals surface area contributed by atoms with Gasteiger partial charge in [-0.15, -0.1) is 10.2 Å². The summed E-state index contributed by atoms with van der Waals surface area (Å²) in [6.07, 6.45) is 6.08. The van der Waals surface area contributed by atoms with E-state index in [1.807, 2.05) is 0 Å². The Morgan fingerprint density at radius 3 is 2.84 bits per heavy atom. The van der Waals surface area contributed by atoms with Crippen LogP contribution in [0.5, 0.6) is 0 Å². The van der Waals surface area contributed by atoms with E-state index >= 15 is 0 Å². The van der Waals surface area contributed by atoms with E-state index in [1.165, 1.54) is 12.8 Å². The van der Waals surface area contributed by atoms with Gasteiger partial charge in [-0.05, 0) is 32.6 Å². The summed E-state index contributed by atoms with van der Waals surface area (Å²) in [7, 11) is -3.09. The Balaban J connectivity index is 1.79. The molecular weight excluding hydrogens is 264 g/mol. The second-order valence-corrected chi connectivity index (χ2v) is 7.68. The van der Waals surface area contributed by atoms with Crippen LogP contribution < -0.4 is 0 Å². The number of aromatic nitrogens is 3.